The molecule has 1 unspecified atom stereocenters. The van der Waals surface area contributed by atoms with Crippen LogP contribution in [0.2, 0.25) is 5.02 Å². The molecule has 2 heterocycles. The predicted molar refractivity (Wildman–Crippen MR) is 96.3 cm³/mol. The maximum absolute atomic E-state index is 12.6. The monoisotopic (exact) mass is 357 g/mol. The average Bonchev–Trinajstić information content (AvgIpc) is 2.57. The Kier molecular flexibility index (Phi) is 7.15. The topological polar surface area (TPSA) is 35.6 Å². The molecule has 0 aromatic heterocycles. The van der Waals surface area contributed by atoms with Crippen molar-refractivity contribution in [3.8, 4) is 0 Å². The fraction of sp³-hybridized carbons (Fsp3) is 0.588. The second-order valence-electron chi connectivity index (χ2n) is 6.15. The lowest BCUT2D eigenvalue weighted by Crippen LogP contribution is -2.50. The number of hydrogen-bond acceptors (Lipinski definition) is 3. The molecule has 2 aliphatic heterocycles. The normalized spacial score (nSPS) is 22.5. The molecule has 0 spiro atoms. The molecule has 2 saturated heterocycles. The van der Waals surface area contributed by atoms with Crippen LogP contribution in [0.15, 0.2) is 24.3 Å². The minimum atomic E-state index is 0. The van der Waals surface area contributed by atoms with Crippen LogP contribution in [0.25, 0.3) is 0 Å². The zero-order chi connectivity index (χ0) is 15.4. The van der Waals surface area contributed by atoms with Gasteiger partial charge in [0.15, 0.2) is 0 Å². The van der Waals surface area contributed by atoms with E-state index in [1.807, 2.05) is 23.1 Å². The van der Waals surface area contributed by atoms with E-state index in [0.717, 1.165) is 56.2 Å². The third kappa shape index (κ3) is 4.60. The van der Waals surface area contributed by atoms with Gasteiger partial charge in [0.2, 0.25) is 5.91 Å². The van der Waals surface area contributed by atoms with Gasteiger partial charge >= 0.3 is 0 Å². The van der Waals surface area contributed by atoms with Gasteiger partial charge < -0.3 is 10.2 Å². The summed E-state index contributed by atoms with van der Waals surface area (Å²) < 4.78 is 0. The first-order valence-electron chi connectivity index (χ1n) is 8.22. The molecule has 1 aromatic carbocycles. The number of carbonyl (C=O) groups excluding carboxylic acids is 1. The van der Waals surface area contributed by atoms with Crippen molar-refractivity contribution < 1.29 is 4.79 Å². The molecule has 1 amide bonds. The van der Waals surface area contributed by atoms with Gasteiger partial charge in [0.1, 0.15) is 0 Å². The number of hydrogen-bond donors (Lipinski definition) is 1. The molecular weight excluding hydrogens is 333 g/mol. The highest BCUT2D eigenvalue weighted by molar-refractivity contribution is 6.31. The van der Waals surface area contributed by atoms with E-state index in [0.29, 0.717) is 6.54 Å². The lowest BCUT2D eigenvalue weighted by atomic mass is 10.0. The summed E-state index contributed by atoms with van der Waals surface area (Å²) in [6, 6.07) is 8.14. The second-order valence-corrected chi connectivity index (χ2v) is 6.56. The van der Waals surface area contributed by atoms with Crippen LogP contribution in [0.1, 0.15) is 30.9 Å². The summed E-state index contributed by atoms with van der Waals surface area (Å²) in [6.45, 7) is 4.99. The van der Waals surface area contributed by atoms with Crippen molar-refractivity contribution in [1.82, 2.24) is 15.1 Å². The number of rotatable bonds is 3. The maximum Gasteiger partial charge on any atom is 0.236 e. The van der Waals surface area contributed by atoms with Gasteiger partial charge in [-0.05, 0) is 30.9 Å². The SMILES string of the molecule is Cl.O=C(CN1CCNCC1c1ccccc1Cl)N1CCCCC1. The van der Waals surface area contributed by atoms with E-state index in [1.54, 1.807) is 0 Å². The molecule has 0 bridgehead atoms. The number of nitrogens with zero attached hydrogens (tertiary/aromatic N) is 2. The standard InChI is InChI=1S/C17H24ClN3O.ClH/c18-15-7-3-2-6-14(15)16-12-19-8-11-21(16)13-17(22)20-9-4-1-5-10-20;/h2-3,6-7,16,19H,1,4-5,8-13H2;1H. The van der Waals surface area contributed by atoms with Gasteiger partial charge in [-0.3, -0.25) is 9.69 Å². The van der Waals surface area contributed by atoms with E-state index in [9.17, 15) is 4.79 Å². The van der Waals surface area contributed by atoms with Crippen LogP contribution in [0.4, 0.5) is 0 Å². The molecule has 2 fully saturated rings. The average molecular weight is 358 g/mol. The van der Waals surface area contributed by atoms with Gasteiger partial charge in [0.05, 0.1) is 6.54 Å². The zero-order valence-electron chi connectivity index (χ0n) is 13.3. The summed E-state index contributed by atoms with van der Waals surface area (Å²) in [5.41, 5.74) is 1.11. The highest BCUT2D eigenvalue weighted by Crippen LogP contribution is 2.28. The number of amides is 1. The minimum absolute atomic E-state index is 0. The lowest BCUT2D eigenvalue weighted by Gasteiger charge is -2.38. The largest absolute Gasteiger partial charge is 0.342 e. The molecule has 1 N–H and O–H groups in total. The summed E-state index contributed by atoms with van der Waals surface area (Å²) in [5, 5.41) is 4.20. The van der Waals surface area contributed by atoms with E-state index < -0.39 is 0 Å². The number of piperidine rings is 1. The highest BCUT2D eigenvalue weighted by Gasteiger charge is 2.28. The second kappa shape index (κ2) is 8.88. The number of nitrogens with one attached hydrogen (secondary N) is 1. The Morgan fingerprint density at radius 3 is 2.65 bits per heavy atom. The third-order valence-electron chi connectivity index (χ3n) is 4.67. The number of carbonyl (C=O) groups is 1. The van der Waals surface area contributed by atoms with Crippen molar-refractivity contribution in [2.45, 2.75) is 25.3 Å². The molecule has 1 atom stereocenters. The van der Waals surface area contributed by atoms with Crippen LogP contribution in [0.3, 0.4) is 0 Å². The fourth-order valence-electron chi connectivity index (χ4n) is 3.40. The van der Waals surface area contributed by atoms with Crippen molar-refractivity contribution in [1.29, 1.82) is 0 Å². The Balaban J connectivity index is 0.00000192. The number of halogens is 2. The number of benzene rings is 1. The summed E-state index contributed by atoms with van der Waals surface area (Å²) in [7, 11) is 0. The summed E-state index contributed by atoms with van der Waals surface area (Å²) in [4.78, 5) is 16.9. The van der Waals surface area contributed by atoms with Gasteiger partial charge in [-0.25, -0.2) is 0 Å². The molecule has 1 aromatic rings. The smallest absolute Gasteiger partial charge is 0.236 e. The van der Waals surface area contributed by atoms with Crippen LogP contribution in [0, 0.1) is 0 Å². The molecular formula is C17H25Cl2N3O. The zero-order valence-corrected chi connectivity index (χ0v) is 14.9. The Morgan fingerprint density at radius 2 is 1.91 bits per heavy atom. The minimum Gasteiger partial charge on any atom is -0.342 e. The van der Waals surface area contributed by atoms with Crippen LogP contribution in [-0.2, 0) is 4.79 Å². The van der Waals surface area contributed by atoms with Crippen molar-refractivity contribution in [2.75, 3.05) is 39.3 Å². The van der Waals surface area contributed by atoms with Crippen LogP contribution in [0.5, 0.6) is 0 Å². The number of likely N-dealkylation sites (tertiary alicyclic amines) is 1. The predicted octanol–water partition coefficient (Wildman–Crippen LogP) is 2.72. The van der Waals surface area contributed by atoms with E-state index >= 15 is 0 Å². The first-order valence-corrected chi connectivity index (χ1v) is 8.60. The summed E-state index contributed by atoms with van der Waals surface area (Å²) in [5.74, 6) is 0.263. The van der Waals surface area contributed by atoms with E-state index in [2.05, 4.69) is 16.3 Å². The van der Waals surface area contributed by atoms with Gasteiger partial charge in [-0.1, -0.05) is 29.8 Å². The van der Waals surface area contributed by atoms with Crippen molar-refractivity contribution in [2.24, 2.45) is 0 Å². The lowest BCUT2D eigenvalue weighted by molar-refractivity contribution is -0.134. The molecule has 6 heteroatoms. The Labute approximate surface area is 149 Å². The van der Waals surface area contributed by atoms with E-state index in [4.69, 9.17) is 11.6 Å². The Hall–Kier alpha value is -0.810. The van der Waals surface area contributed by atoms with Gasteiger partial charge in [-0.15, -0.1) is 12.4 Å². The maximum atomic E-state index is 12.6. The molecule has 128 valence electrons. The Morgan fingerprint density at radius 1 is 1.17 bits per heavy atom. The van der Waals surface area contributed by atoms with E-state index in [-0.39, 0.29) is 24.4 Å². The molecule has 0 aliphatic carbocycles. The Bertz CT molecular complexity index is 520. The van der Waals surface area contributed by atoms with Crippen molar-refractivity contribution >= 4 is 29.9 Å². The molecule has 23 heavy (non-hydrogen) atoms. The van der Waals surface area contributed by atoms with Crippen molar-refractivity contribution in [3.05, 3.63) is 34.9 Å². The first-order chi connectivity index (χ1) is 10.8. The third-order valence-corrected chi connectivity index (χ3v) is 5.01. The van der Waals surface area contributed by atoms with E-state index in [1.165, 1.54) is 6.42 Å². The van der Waals surface area contributed by atoms with Gasteiger partial charge in [0.25, 0.3) is 0 Å². The highest BCUT2D eigenvalue weighted by atomic mass is 35.5. The molecule has 4 nitrogen and oxygen atoms in total. The quantitative estimate of drug-likeness (QED) is 0.903. The molecule has 3 rings (SSSR count). The number of piperazine rings is 1. The molecule has 2 aliphatic rings. The summed E-state index contributed by atoms with van der Waals surface area (Å²) >= 11 is 6.36. The summed E-state index contributed by atoms with van der Waals surface area (Å²) in [6.07, 6.45) is 3.53. The van der Waals surface area contributed by atoms with Crippen LogP contribution in [-0.4, -0.2) is 55.0 Å². The van der Waals surface area contributed by atoms with Crippen LogP contribution < -0.4 is 5.32 Å². The molecule has 0 radical (unpaired) electrons. The fourth-order valence-corrected chi connectivity index (χ4v) is 3.67. The van der Waals surface area contributed by atoms with Gasteiger partial charge in [0, 0.05) is 43.8 Å². The van der Waals surface area contributed by atoms with Gasteiger partial charge in [-0.2, -0.15) is 0 Å². The molecule has 0 saturated carbocycles. The first kappa shape index (κ1) is 18.5. The van der Waals surface area contributed by atoms with Crippen molar-refractivity contribution in [3.63, 3.8) is 0 Å². The van der Waals surface area contributed by atoms with Crippen LogP contribution >= 0.6 is 24.0 Å².